The summed E-state index contributed by atoms with van der Waals surface area (Å²) < 4.78 is 0. The molecule has 2 aromatic rings. The number of hydrogen-bond donors (Lipinski definition) is 4. The normalized spacial score (nSPS) is 29.2. The first kappa shape index (κ1) is 21.8. The summed E-state index contributed by atoms with van der Waals surface area (Å²) in [6.07, 6.45) is 0.383. The smallest absolute Gasteiger partial charge is 0.107 e. The SMILES string of the molecule is CCSc1ccc(Cc2cc([C@@H]3C[C@H](CO)[C@@H](O)[C@H](O)[C@H]3O)ccc2C2CC2)cc1. The lowest BCUT2D eigenvalue weighted by molar-refractivity contribution is -0.127. The highest BCUT2D eigenvalue weighted by atomic mass is 32.2. The molecule has 30 heavy (non-hydrogen) atoms. The zero-order valence-electron chi connectivity index (χ0n) is 17.4. The predicted octanol–water partition coefficient (Wildman–Crippen LogP) is 3.45. The summed E-state index contributed by atoms with van der Waals surface area (Å²) in [6.45, 7) is 1.96. The van der Waals surface area contributed by atoms with E-state index in [-0.39, 0.29) is 12.5 Å². The Labute approximate surface area is 183 Å². The summed E-state index contributed by atoms with van der Waals surface area (Å²) in [4.78, 5) is 1.28. The molecule has 4 nitrogen and oxygen atoms in total. The molecule has 2 aliphatic rings. The van der Waals surface area contributed by atoms with E-state index in [9.17, 15) is 20.4 Å². The van der Waals surface area contributed by atoms with Crippen LogP contribution in [-0.2, 0) is 6.42 Å². The molecule has 0 aromatic heterocycles. The zero-order chi connectivity index (χ0) is 21.3. The predicted molar refractivity (Wildman–Crippen MR) is 120 cm³/mol. The van der Waals surface area contributed by atoms with Crippen LogP contribution in [0.3, 0.4) is 0 Å². The number of benzene rings is 2. The first-order chi connectivity index (χ1) is 14.5. The van der Waals surface area contributed by atoms with Crippen LogP contribution in [0.1, 0.15) is 60.3 Å². The maximum Gasteiger partial charge on any atom is 0.107 e. The van der Waals surface area contributed by atoms with Crippen molar-refractivity contribution in [2.75, 3.05) is 12.4 Å². The molecule has 2 aliphatic carbocycles. The molecule has 5 atom stereocenters. The highest BCUT2D eigenvalue weighted by molar-refractivity contribution is 7.99. The van der Waals surface area contributed by atoms with Crippen LogP contribution in [0.4, 0.5) is 0 Å². The molecule has 0 bridgehead atoms. The van der Waals surface area contributed by atoms with E-state index in [0.717, 1.165) is 17.7 Å². The van der Waals surface area contributed by atoms with Crippen LogP contribution in [0, 0.1) is 5.92 Å². The second kappa shape index (κ2) is 9.41. The molecular formula is C25H32O4S. The number of rotatable bonds is 7. The molecule has 0 unspecified atom stereocenters. The van der Waals surface area contributed by atoms with E-state index in [2.05, 4.69) is 49.4 Å². The molecule has 2 aromatic carbocycles. The molecule has 2 saturated carbocycles. The van der Waals surface area contributed by atoms with Crippen molar-refractivity contribution in [1.82, 2.24) is 0 Å². The minimum atomic E-state index is -1.24. The van der Waals surface area contributed by atoms with E-state index in [1.807, 2.05) is 11.8 Å². The third kappa shape index (κ3) is 4.61. The summed E-state index contributed by atoms with van der Waals surface area (Å²) >= 11 is 1.84. The topological polar surface area (TPSA) is 80.9 Å². The van der Waals surface area contributed by atoms with Crippen molar-refractivity contribution in [2.45, 2.75) is 67.7 Å². The summed E-state index contributed by atoms with van der Waals surface area (Å²) in [5, 5.41) is 40.7. The highest BCUT2D eigenvalue weighted by Gasteiger charge is 2.43. The van der Waals surface area contributed by atoms with Gasteiger partial charge in [0.2, 0.25) is 0 Å². The lowest BCUT2D eigenvalue weighted by atomic mass is 9.72. The fourth-order valence-corrected chi connectivity index (χ4v) is 5.39. The van der Waals surface area contributed by atoms with Crippen molar-refractivity contribution < 1.29 is 20.4 Å². The van der Waals surface area contributed by atoms with E-state index in [1.54, 1.807) is 0 Å². The van der Waals surface area contributed by atoms with Gasteiger partial charge in [-0.25, -0.2) is 0 Å². The van der Waals surface area contributed by atoms with Crippen molar-refractivity contribution >= 4 is 11.8 Å². The molecule has 162 valence electrons. The molecule has 0 amide bonds. The molecule has 2 fully saturated rings. The Bertz CT molecular complexity index is 847. The Morgan fingerprint density at radius 1 is 0.933 bits per heavy atom. The molecule has 0 heterocycles. The van der Waals surface area contributed by atoms with Crippen LogP contribution in [-0.4, -0.2) is 51.1 Å². The second-order valence-corrected chi connectivity index (χ2v) is 10.1. The fraction of sp³-hybridized carbons (Fsp3) is 0.520. The first-order valence-electron chi connectivity index (χ1n) is 11.0. The van der Waals surface area contributed by atoms with Crippen molar-refractivity contribution in [3.8, 4) is 0 Å². The van der Waals surface area contributed by atoms with Gasteiger partial charge in [-0.15, -0.1) is 11.8 Å². The Balaban J connectivity index is 1.61. The van der Waals surface area contributed by atoms with E-state index in [4.69, 9.17) is 0 Å². The fourth-order valence-electron chi connectivity index (χ4n) is 4.73. The molecule has 0 aliphatic heterocycles. The van der Waals surface area contributed by atoms with E-state index >= 15 is 0 Å². The summed E-state index contributed by atoms with van der Waals surface area (Å²) in [5.41, 5.74) is 4.90. The Hall–Kier alpha value is -1.37. The second-order valence-electron chi connectivity index (χ2n) is 8.74. The van der Waals surface area contributed by atoms with Crippen molar-refractivity contribution in [3.05, 3.63) is 64.7 Å². The lowest BCUT2D eigenvalue weighted by Crippen LogP contribution is -2.51. The van der Waals surface area contributed by atoms with Crippen LogP contribution >= 0.6 is 11.8 Å². The Kier molecular flexibility index (Phi) is 6.85. The van der Waals surface area contributed by atoms with Crippen LogP contribution < -0.4 is 0 Å². The molecule has 0 radical (unpaired) electrons. The molecule has 4 rings (SSSR count). The van der Waals surface area contributed by atoms with Gasteiger partial charge in [0, 0.05) is 23.3 Å². The molecule has 0 spiro atoms. The minimum Gasteiger partial charge on any atom is -0.396 e. The molecular weight excluding hydrogens is 396 g/mol. The van der Waals surface area contributed by atoms with Gasteiger partial charge in [0.1, 0.15) is 6.10 Å². The average Bonchev–Trinajstić information content (AvgIpc) is 3.59. The standard InChI is InChI=1S/C25H32O4S/c1-2-30-20-8-3-15(4-9-20)11-18-12-17(7-10-21(18)16-5-6-16)22-13-19(14-26)23(27)25(29)24(22)28/h3-4,7-10,12,16,19,22-29H,2,5-6,11,13-14H2,1H3/t19-,22+,23-,24+,25+/m1/s1. The maximum atomic E-state index is 10.6. The van der Waals surface area contributed by atoms with Crippen LogP contribution in [0.5, 0.6) is 0 Å². The largest absolute Gasteiger partial charge is 0.396 e. The van der Waals surface area contributed by atoms with Gasteiger partial charge in [-0.05, 0) is 71.7 Å². The molecule has 4 N–H and O–H groups in total. The van der Waals surface area contributed by atoms with Crippen LogP contribution in [0.2, 0.25) is 0 Å². The number of hydrogen-bond acceptors (Lipinski definition) is 5. The van der Waals surface area contributed by atoms with Gasteiger partial charge in [0.05, 0.1) is 12.2 Å². The number of thioether (sulfide) groups is 1. The monoisotopic (exact) mass is 428 g/mol. The zero-order valence-corrected chi connectivity index (χ0v) is 18.3. The quantitative estimate of drug-likeness (QED) is 0.508. The number of aliphatic hydroxyl groups is 4. The summed E-state index contributed by atoms with van der Waals surface area (Å²) in [5.74, 6) is 0.962. The highest BCUT2D eigenvalue weighted by Crippen LogP contribution is 2.44. The number of aliphatic hydroxyl groups excluding tert-OH is 4. The molecule has 5 heteroatoms. The van der Waals surface area contributed by atoms with Gasteiger partial charge in [0.15, 0.2) is 0 Å². The van der Waals surface area contributed by atoms with Crippen molar-refractivity contribution in [3.63, 3.8) is 0 Å². The Morgan fingerprint density at radius 3 is 2.30 bits per heavy atom. The van der Waals surface area contributed by atoms with E-state index in [0.29, 0.717) is 12.3 Å². The van der Waals surface area contributed by atoms with Crippen LogP contribution in [0.25, 0.3) is 0 Å². The van der Waals surface area contributed by atoms with Gasteiger partial charge in [-0.1, -0.05) is 37.3 Å². The third-order valence-electron chi connectivity index (χ3n) is 6.63. The van der Waals surface area contributed by atoms with Gasteiger partial charge in [-0.3, -0.25) is 0 Å². The van der Waals surface area contributed by atoms with E-state index in [1.165, 1.54) is 34.4 Å². The van der Waals surface area contributed by atoms with E-state index < -0.39 is 24.2 Å². The van der Waals surface area contributed by atoms with Gasteiger partial charge >= 0.3 is 0 Å². The lowest BCUT2D eigenvalue weighted by Gasteiger charge is -2.40. The van der Waals surface area contributed by atoms with Crippen LogP contribution in [0.15, 0.2) is 47.4 Å². The summed E-state index contributed by atoms with van der Waals surface area (Å²) in [6, 6.07) is 15.2. The average molecular weight is 429 g/mol. The Morgan fingerprint density at radius 2 is 1.67 bits per heavy atom. The first-order valence-corrected chi connectivity index (χ1v) is 12.0. The minimum absolute atomic E-state index is 0.198. The van der Waals surface area contributed by atoms with Gasteiger partial charge in [0.25, 0.3) is 0 Å². The molecule has 0 saturated heterocycles. The van der Waals surface area contributed by atoms with Crippen molar-refractivity contribution in [1.29, 1.82) is 0 Å². The third-order valence-corrected chi connectivity index (χ3v) is 7.52. The summed E-state index contributed by atoms with van der Waals surface area (Å²) in [7, 11) is 0. The van der Waals surface area contributed by atoms with Gasteiger partial charge in [-0.2, -0.15) is 0 Å². The maximum absolute atomic E-state index is 10.6. The van der Waals surface area contributed by atoms with Crippen molar-refractivity contribution in [2.24, 2.45) is 5.92 Å². The van der Waals surface area contributed by atoms with Gasteiger partial charge < -0.3 is 20.4 Å².